The Morgan fingerprint density at radius 2 is 2.29 bits per heavy atom. The molecule has 0 amide bonds. The van der Waals surface area contributed by atoms with Crippen LogP contribution in [0, 0.1) is 5.92 Å². The van der Waals surface area contributed by atoms with E-state index < -0.39 is 11.8 Å². The fourth-order valence-electron chi connectivity index (χ4n) is 1.97. The molecule has 92 valence electrons. The van der Waals surface area contributed by atoms with Crippen molar-refractivity contribution in [1.82, 2.24) is 9.55 Å². The highest BCUT2D eigenvalue weighted by Crippen LogP contribution is 2.25. The van der Waals surface area contributed by atoms with E-state index >= 15 is 0 Å². The Balaban J connectivity index is 2.27. The molecule has 0 radical (unpaired) electrons. The molecule has 4 N–H and O–H groups in total. The van der Waals surface area contributed by atoms with Gasteiger partial charge in [0.2, 0.25) is 0 Å². The van der Waals surface area contributed by atoms with Gasteiger partial charge in [-0.05, 0) is 12.5 Å². The van der Waals surface area contributed by atoms with E-state index in [0.29, 0.717) is 6.42 Å². The molecule has 0 saturated heterocycles. The molecule has 17 heavy (non-hydrogen) atoms. The lowest BCUT2D eigenvalue weighted by Gasteiger charge is -2.27. The van der Waals surface area contributed by atoms with Gasteiger partial charge in [0.25, 0.3) is 0 Å². The lowest BCUT2D eigenvalue weighted by molar-refractivity contribution is 0.0693. The lowest BCUT2D eigenvalue weighted by atomic mass is 9.90. The normalized spacial score (nSPS) is 28.2. The molecule has 1 aliphatic carbocycles. The van der Waals surface area contributed by atoms with Crippen molar-refractivity contribution in [3.8, 4) is 0 Å². The van der Waals surface area contributed by atoms with E-state index in [1.165, 1.54) is 4.57 Å². The second-order valence-electron chi connectivity index (χ2n) is 4.14. The van der Waals surface area contributed by atoms with Crippen molar-refractivity contribution in [3.63, 3.8) is 0 Å². The first-order chi connectivity index (χ1) is 8.11. The quantitative estimate of drug-likeness (QED) is 0.590. The van der Waals surface area contributed by atoms with Crippen LogP contribution >= 0.6 is 0 Å². The molecule has 0 aliphatic heterocycles. The SMILES string of the molecule is Nc1ccn([C@@H]2C=C[C@H](CO)[C@@H](O)C2)c(=O)n1. The molecule has 0 unspecified atom stereocenters. The van der Waals surface area contributed by atoms with Crippen molar-refractivity contribution < 1.29 is 10.2 Å². The van der Waals surface area contributed by atoms with Gasteiger partial charge in [-0.15, -0.1) is 0 Å². The minimum absolute atomic E-state index is 0.0979. The molecule has 2 rings (SSSR count). The summed E-state index contributed by atoms with van der Waals surface area (Å²) in [5.41, 5.74) is 4.97. The van der Waals surface area contributed by atoms with Crippen LogP contribution in [-0.4, -0.2) is 32.5 Å². The number of nitrogens with two attached hydrogens (primary N) is 1. The Morgan fingerprint density at radius 3 is 2.88 bits per heavy atom. The summed E-state index contributed by atoms with van der Waals surface area (Å²) in [6.45, 7) is -0.0979. The number of aliphatic hydroxyl groups is 2. The van der Waals surface area contributed by atoms with E-state index in [2.05, 4.69) is 4.98 Å². The second kappa shape index (κ2) is 4.68. The number of nitrogen functional groups attached to an aromatic ring is 1. The molecule has 0 spiro atoms. The molecule has 6 nitrogen and oxygen atoms in total. The van der Waals surface area contributed by atoms with Crippen LogP contribution in [0.15, 0.2) is 29.2 Å². The number of rotatable bonds is 2. The molecule has 1 heterocycles. The average Bonchev–Trinajstić information content (AvgIpc) is 2.29. The first-order valence-corrected chi connectivity index (χ1v) is 5.43. The Morgan fingerprint density at radius 1 is 1.53 bits per heavy atom. The second-order valence-corrected chi connectivity index (χ2v) is 4.14. The van der Waals surface area contributed by atoms with E-state index in [4.69, 9.17) is 10.8 Å². The van der Waals surface area contributed by atoms with E-state index in [-0.39, 0.29) is 24.4 Å². The maximum Gasteiger partial charge on any atom is 0.350 e. The topological polar surface area (TPSA) is 101 Å². The molecule has 0 aromatic carbocycles. The smallest absolute Gasteiger partial charge is 0.350 e. The number of aliphatic hydroxyl groups excluding tert-OH is 2. The van der Waals surface area contributed by atoms with Gasteiger partial charge in [-0.1, -0.05) is 12.2 Å². The lowest BCUT2D eigenvalue weighted by Crippen LogP contribution is -2.34. The maximum atomic E-state index is 11.6. The molecule has 0 fully saturated rings. The fourth-order valence-corrected chi connectivity index (χ4v) is 1.97. The summed E-state index contributed by atoms with van der Waals surface area (Å²) in [5.74, 6) is -0.0801. The third-order valence-electron chi connectivity index (χ3n) is 2.98. The summed E-state index contributed by atoms with van der Waals surface area (Å²) >= 11 is 0. The molecule has 1 aromatic heterocycles. The van der Waals surface area contributed by atoms with Gasteiger partial charge in [0.15, 0.2) is 0 Å². The number of allylic oxidation sites excluding steroid dienone is 1. The van der Waals surface area contributed by atoms with Crippen LogP contribution in [0.4, 0.5) is 5.82 Å². The minimum Gasteiger partial charge on any atom is -0.396 e. The molecule has 0 bridgehead atoms. The van der Waals surface area contributed by atoms with Gasteiger partial charge in [-0.2, -0.15) is 4.98 Å². The molecule has 1 aromatic rings. The summed E-state index contributed by atoms with van der Waals surface area (Å²) in [5, 5.41) is 18.8. The molecule has 0 saturated carbocycles. The van der Waals surface area contributed by atoms with Gasteiger partial charge in [0, 0.05) is 12.1 Å². The van der Waals surface area contributed by atoms with Crippen molar-refractivity contribution in [3.05, 3.63) is 34.9 Å². The van der Waals surface area contributed by atoms with Crippen LogP contribution in [0.3, 0.4) is 0 Å². The number of anilines is 1. The van der Waals surface area contributed by atoms with Crippen LogP contribution in [0.2, 0.25) is 0 Å². The summed E-state index contributed by atoms with van der Waals surface area (Å²) in [4.78, 5) is 15.2. The van der Waals surface area contributed by atoms with Crippen LogP contribution in [-0.2, 0) is 0 Å². The Kier molecular flexibility index (Phi) is 3.26. The van der Waals surface area contributed by atoms with Gasteiger partial charge in [-0.25, -0.2) is 4.79 Å². The van der Waals surface area contributed by atoms with Crippen LogP contribution in [0.1, 0.15) is 12.5 Å². The standard InChI is InChI=1S/C11H15N3O3/c12-10-3-4-14(11(17)13-10)8-2-1-7(6-15)9(16)5-8/h1-4,7-9,15-16H,5-6H2,(H2,12,13,17)/t7-,8-,9+/m1/s1. The summed E-state index contributed by atoms with van der Waals surface area (Å²) in [6, 6.07) is 1.30. The summed E-state index contributed by atoms with van der Waals surface area (Å²) < 4.78 is 1.42. The predicted octanol–water partition coefficient (Wildman–Crippen LogP) is -0.704. The first-order valence-electron chi connectivity index (χ1n) is 5.43. The zero-order chi connectivity index (χ0) is 12.4. The molecular weight excluding hydrogens is 222 g/mol. The zero-order valence-corrected chi connectivity index (χ0v) is 9.23. The zero-order valence-electron chi connectivity index (χ0n) is 9.23. The predicted molar refractivity (Wildman–Crippen MR) is 62.3 cm³/mol. The fraction of sp³-hybridized carbons (Fsp3) is 0.455. The number of hydrogen-bond donors (Lipinski definition) is 3. The van der Waals surface area contributed by atoms with Gasteiger partial charge in [0.1, 0.15) is 5.82 Å². The Hall–Kier alpha value is -1.66. The van der Waals surface area contributed by atoms with Crippen molar-refractivity contribution in [1.29, 1.82) is 0 Å². The number of aromatic nitrogens is 2. The van der Waals surface area contributed by atoms with Crippen molar-refractivity contribution in [2.75, 3.05) is 12.3 Å². The highest BCUT2D eigenvalue weighted by molar-refractivity contribution is 5.24. The molecular formula is C11H15N3O3. The van der Waals surface area contributed by atoms with Crippen LogP contribution in [0.25, 0.3) is 0 Å². The highest BCUT2D eigenvalue weighted by Gasteiger charge is 2.25. The van der Waals surface area contributed by atoms with Gasteiger partial charge in [-0.3, -0.25) is 4.57 Å². The van der Waals surface area contributed by atoms with Crippen LogP contribution < -0.4 is 11.4 Å². The monoisotopic (exact) mass is 237 g/mol. The van der Waals surface area contributed by atoms with Gasteiger partial charge in [0.05, 0.1) is 18.8 Å². The third kappa shape index (κ3) is 2.37. The summed E-state index contributed by atoms with van der Waals surface area (Å²) in [7, 11) is 0. The van der Waals surface area contributed by atoms with Crippen molar-refractivity contribution in [2.24, 2.45) is 5.92 Å². The molecule has 6 heteroatoms. The Labute approximate surface area is 98.0 Å². The highest BCUT2D eigenvalue weighted by atomic mass is 16.3. The summed E-state index contributed by atoms with van der Waals surface area (Å²) in [6.07, 6.45) is 4.81. The van der Waals surface area contributed by atoms with Gasteiger partial charge < -0.3 is 15.9 Å². The van der Waals surface area contributed by atoms with E-state index in [0.717, 1.165) is 0 Å². The number of hydrogen-bond acceptors (Lipinski definition) is 5. The largest absolute Gasteiger partial charge is 0.396 e. The van der Waals surface area contributed by atoms with E-state index in [1.807, 2.05) is 0 Å². The molecule has 1 aliphatic rings. The number of nitrogens with zero attached hydrogens (tertiary/aromatic N) is 2. The Bertz CT molecular complexity index is 483. The average molecular weight is 237 g/mol. The van der Waals surface area contributed by atoms with E-state index in [9.17, 15) is 9.90 Å². The maximum absolute atomic E-state index is 11.6. The van der Waals surface area contributed by atoms with E-state index in [1.54, 1.807) is 24.4 Å². The third-order valence-corrected chi connectivity index (χ3v) is 2.98. The van der Waals surface area contributed by atoms with Crippen molar-refractivity contribution >= 4 is 5.82 Å². The first kappa shape index (κ1) is 11.8. The molecule has 3 atom stereocenters. The van der Waals surface area contributed by atoms with Crippen LogP contribution in [0.5, 0.6) is 0 Å². The van der Waals surface area contributed by atoms with Gasteiger partial charge >= 0.3 is 5.69 Å². The van der Waals surface area contributed by atoms with Crippen molar-refractivity contribution in [2.45, 2.75) is 18.6 Å². The minimum atomic E-state index is -0.653.